The zero-order valence-corrected chi connectivity index (χ0v) is 18.1. The van der Waals surface area contributed by atoms with E-state index in [4.69, 9.17) is 21.1 Å². The van der Waals surface area contributed by atoms with E-state index in [9.17, 15) is 4.79 Å². The monoisotopic (exact) mass is 408 g/mol. The maximum atomic E-state index is 11.8. The third-order valence-corrected chi connectivity index (χ3v) is 5.48. The first-order valence-electron chi connectivity index (χ1n) is 10.4. The quantitative estimate of drug-likeness (QED) is 0.687. The van der Waals surface area contributed by atoms with Crippen LogP contribution in [0.25, 0.3) is 0 Å². The van der Waals surface area contributed by atoms with Gasteiger partial charge in [-0.1, -0.05) is 17.7 Å². The van der Waals surface area contributed by atoms with E-state index in [1.165, 1.54) is 18.4 Å². The Kier molecular flexibility index (Phi) is 7.10. The second-order valence-corrected chi connectivity index (χ2v) is 9.51. The number of amides is 1. The number of benzene rings is 1. The van der Waals surface area contributed by atoms with Gasteiger partial charge in [0, 0.05) is 19.6 Å². The Morgan fingerprint density at radius 2 is 2.04 bits per heavy atom. The number of alkyl carbamates (subject to hydrolysis) is 1. The summed E-state index contributed by atoms with van der Waals surface area (Å²) in [5.74, 6) is 2.00. The molecule has 28 heavy (non-hydrogen) atoms. The lowest BCUT2D eigenvalue weighted by atomic mass is 10.1. The van der Waals surface area contributed by atoms with E-state index in [-0.39, 0.29) is 6.09 Å². The topological polar surface area (TPSA) is 50.8 Å². The SMILES string of the molecule is CC(C)(C)OC(=O)NC[C@@H]1CCN(CCc2ccc(OCC3CC3)c(Cl)c2)C1. The number of hydrogen-bond donors (Lipinski definition) is 1. The minimum atomic E-state index is -0.453. The van der Waals surface area contributed by atoms with Crippen LogP contribution in [0.3, 0.4) is 0 Å². The molecule has 0 spiro atoms. The normalized spacial score (nSPS) is 20.2. The van der Waals surface area contributed by atoms with E-state index < -0.39 is 5.60 Å². The van der Waals surface area contributed by atoms with Crippen molar-refractivity contribution in [2.45, 2.75) is 52.1 Å². The van der Waals surface area contributed by atoms with Gasteiger partial charge in [0.1, 0.15) is 11.4 Å². The molecule has 2 fully saturated rings. The first-order chi connectivity index (χ1) is 13.3. The van der Waals surface area contributed by atoms with Crippen molar-refractivity contribution in [3.05, 3.63) is 28.8 Å². The Morgan fingerprint density at radius 1 is 1.25 bits per heavy atom. The van der Waals surface area contributed by atoms with Gasteiger partial charge in [-0.3, -0.25) is 0 Å². The molecule has 1 aromatic rings. The summed E-state index contributed by atoms with van der Waals surface area (Å²) >= 11 is 6.38. The van der Waals surface area contributed by atoms with Gasteiger partial charge in [0.2, 0.25) is 0 Å². The maximum Gasteiger partial charge on any atom is 0.407 e. The van der Waals surface area contributed by atoms with E-state index in [1.807, 2.05) is 32.9 Å². The zero-order chi connectivity index (χ0) is 20.1. The third kappa shape index (κ3) is 7.17. The highest BCUT2D eigenvalue weighted by Gasteiger charge is 2.24. The van der Waals surface area contributed by atoms with Crippen LogP contribution < -0.4 is 10.1 Å². The Balaban J connectivity index is 1.36. The molecule has 0 unspecified atom stereocenters. The van der Waals surface area contributed by atoms with Gasteiger partial charge in [-0.15, -0.1) is 0 Å². The van der Waals surface area contributed by atoms with Crippen molar-refractivity contribution >= 4 is 17.7 Å². The van der Waals surface area contributed by atoms with Crippen LogP contribution >= 0.6 is 11.6 Å². The van der Waals surface area contributed by atoms with Gasteiger partial charge in [0.05, 0.1) is 11.6 Å². The molecular formula is C22H33ClN2O3. The molecule has 1 aromatic carbocycles. The number of carbonyl (C=O) groups excluding carboxylic acids is 1. The number of halogens is 1. The number of ether oxygens (including phenoxy) is 2. The molecule has 1 saturated carbocycles. The minimum absolute atomic E-state index is 0.329. The Morgan fingerprint density at radius 3 is 2.71 bits per heavy atom. The van der Waals surface area contributed by atoms with Gasteiger partial charge >= 0.3 is 6.09 Å². The predicted octanol–water partition coefficient (Wildman–Crippen LogP) is 4.52. The molecule has 1 amide bonds. The Bertz CT molecular complexity index is 670. The molecular weight excluding hydrogens is 376 g/mol. The average molecular weight is 409 g/mol. The molecule has 156 valence electrons. The molecule has 2 aliphatic rings. The van der Waals surface area contributed by atoms with E-state index in [2.05, 4.69) is 16.3 Å². The fourth-order valence-electron chi connectivity index (χ4n) is 3.42. The highest BCUT2D eigenvalue weighted by molar-refractivity contribution is 6.32. The van der Waals surface area contributed by atoms with Crippen LogP contribution in [0.15, 0.2) is 18.2 Å². The molecule has 3 rings (SSSR count). The molecule has 1 aliphatic heterocycles. The van der Waals surface area contributed by atoms with Crippen molar-refractivity contribution in [3.8, 4) is 5.75 Å². The van der Waals surface area contributed by atoms with Gasteiger partial charge in [0.15, 0.2) is 0 Å². The fourth-order valence-corrected chi connectivity index (χ4v) is 3.68. The van der Waals surface area contributed by atoms with Crippen molar-refractivity contribution in [2.75, 3.05) is 32.8 Å². The average Bonchev–Trinajstić information content (AvgIpc) is 3.33. The first-order valence-corrected chi connectivity index (χ1v) is 10.8. The first kappa shape index (κ1) is 21.3. The van der Waals surface area contributed by atoms with E-state index >= 15 is 0 Å². The Hall–Kier alpha value is -1.46. The lowest BCUT2D eigenvalue weighted by Crippen LogP contribution is -2.36. The number of nitrogens with one attached hydrogen (secondary N) is 1. The van der Waals surface area contributed by atoms with Gasteiger partial charge in [0.25, 0.3) is 0 Å². The molecule has 0 aromatic heterocycles. The molecule has 1 heterocycles. The van der Waals surface area contributed by atoms with Crippen LogP contribution in [-0.4, -0.2) is 49.4 Å². The highest BCUT2D eigenvalue weighted by Crippen LogP contribution is 2.32. The van der Waals surface area contributed by atoms with Crippen molar-refractivity contribution < 1.29 is 14.3 Å². The van der Waals surface area contributed by atoms with Crippen LogP contribution in [0.1, 0.15) is 45.6 Å². The van der Waals surface area contributed by atoms with Crippen LogP contribution in [0.5, 0.6) is 5.75 Å². The van der Waals surface area contributed by atoms with Crippen molar-refractivity contribution in [1.82, 2.24) is 10.2 Å². The number of carbonyl (C=O) groups is 1. The van der Waals surface area contributed by atoms with Crippen molar-refractivity contribution in [3.63, 3.8) is 0 Å². The molecule has 0 radical (unpaired) electrons. The number of rotatable bonds is 8. The molecule has 6 heteroatoms. The number of likely N-dealkylation sites (tertiary alicyclic amines) is 1. The molecule has 1 saturated heterocycles. The molecule has 5 nitrogen and oxygen atoms in total. The van der Waals surface area contributed by atoms with Crippen LogP contribution in [0.4, 0.5) is 4.79 Å². The molecule has 1 N–H and O–H groups in total. The summed E-state index contributed by atoms with van der Waals surface area (Å²) in [5, 5.41) is 3.60. The van der Waals surface area contributed by atoms with E-state index in [0.717, 1.165) is 50.8 Å². The number of hydrogen-bond acceptors (Lipinski definition) is 4. The Labute approximate surface area is 173 Å². The summed E-state index contributed by atoms with van der Waals surface area (Å²) in [6.07, 6.45) is 4.29. The summed E-state index contributed by atoms with van der Waals surface area (Å²) in [6.45, 7) is 10.2. The van der Waals surface area contributed by atoms with Gasteiger partial charge < -0.3 is 19.7 Å². The van der Waals surface area contributed by atoms with Crippen LogP contribution in [-0.2, 0) is 11.2 Å². The van der Waals surface area contributed by atoms with Crippen LogP contribution in [0.2, 0.25) is 5.02 Å². The predicted molar refractivity (Wildman–Crippen MR) is 112 cm³/mol. The largest absolute Gasteiger partial charge is 0.492 e. The highest BCUT2D eigenvalue weighted by atomic mass is 35.5. The van der Waals surface area contributed by atoms with Gasteiger partial charge in [-0.05, 0) is 82.5 Å². The maximum absolute atomic E-state index is 11.8. The summed E-state index contributed by atoms with van der Waals surface area (Å²) in [4.78, 5) is 14.2. The minimum Gasteiger partial charge on any atom is -0.492 e. The summed E-state index contributed by atoms with van der Waals surface area (Å²) in [7, 11) is 0. The molecule has 1 aliphatic carbocycles. The summed E-state index contributed by atoms with van der Waals surface area (Å²) < 4.78 is 11.1. The third-order valence-electron chi connectivity index (χ3n) is 5.19. The second-order valence-electron chi connectivity index (χ2n) is 9.11. The standard InChI is InChI=1S/C22H33ClN2O3/c1-22(2,3)28-21(26)24-13-18-9-11-25(14-18)10-8-16-6-7-20(19(23)12-16)27-15-17-4-5-17/h6-7,12,17-18H,4-5,8-11,13-15H2,1-3H3,(H,24,26)/t18-/m0/s1. The lowest BCUT2D eigenvalue weighted by molar-refractivity contribution is 0.0519. The van der Waals surface area contributed by atoms with Crippen molar-refractivity contribution in [1.29, 1.82) is 0 Å². The fraction of sp³-hybridized carbons (Fsp3) is 0.682. The van der Waals surface area contributed by atoms with E-state index in [1.54, 1.807) is 0 Å². The smallest absolute Gasteiger partial charge is 0.407 e. The second kappa shape index (κ2) is 9.36. The van der Waals surface area contributed by atoms with Crippen molar-refractivity contribution in [2.24, 2.45) is 11.8 Å². The van der Waals surface area contributed by atoms with E-state index in [0.29, 0.717) is 17.5 Å². The van der Waals surface area contributed by atoms with Gasteiger partial charge in [-0.25, -0.2) is 4.79 Å². The van der Waals surface area contributed by atoms with Gasteiger partial charge in [-0.2, -0.15) is 0 Å². The summed E-state index contributed by atoms with van der Waals surface area (Å²) in [6, 6.07) is 6.14. The lowest BCUT2D eigenvalue weighted by Gasteiger charge is -2.21. The van der Waals surface area contributed by atoms with Crippen LogP contribution in [0, 0.1) is 11.8 Å². The molecule has 0 bridgehead atoms. The molecule has 1 atom stereocenters. The number of nitrogens with zero attached hydrogens (tertiary/aromatic N) is 1. The summed E-state index contributed by atoms with van der Waals surface area (Å²) in [5.41, 5.74) is 0.782. The zero-order valence-electron chi connectivity index (χ0n) is 17.3.